The van der Waals surface area contributed by atoms with E-state index in [0.717, 1.165) is 12.8 Å². The number of unbranched alkanes of at least 4 members (excludes halogenated alkanes) is 1. The number of halogens is 1. The van der Waals surface area contributed by atoms with Crippen LogP contribution in [0.15, 0.2) is 12.7 Å². The summed E-state index contributed by atoms with van der Waals surface area (Å²) in [6, 6.07) is 0. The molecule has 1 unspecified atom stereocenters. The average Bonchev–Trinajstić information content (AvgIpc) is 2.20. The van der Waals surface area contributed by atoms with Crippen molar-refractivity contribution in [3.63, 3.8) is 0 Å². The lowest BCUT2D eigenvalue weighted by atomic mass is 9.77. The Hall–Kier alpha value is -0.330. The van der Waals surface area contributed by atoms with Crippen LogP contribution in [0.25, 0.3) is 0 Å². The molecular formula is C12H23F. The predicted molar refractivity (Wildman–Crippen MR) is 57.7 cm³/mol. The molecule has 0 aromatic rings. The van der Waals surface area contributed by atoms with Crippen LogP contribution in [-0.4, -0.2) is 6.67 Å². The van der Waals surface area contributed by atoms with Crippen LogP contribution in [0.4, 0.5) is 4.39 Å². The molecule has 13 heavy (non-hydrogen) atoms. The third-order valence-corrected chi connectivity index (χ3v) is 2.97. The van der Waals surface area contributed by atoms with Crippen LogP contribution in [0.3, 0.4) is 0 Å². The summed E-state index contributed by atoms with van der Waals surface area (Å²) in [6.07, 6.45) is 8.39. The van der Waals surface area contributed by atoms with Gasteiger partial charge in [0.05, 0.1) is 6.67 Å². The number of allylic oxidation sites excluding steroid dienone is 1. The number of rotatable bonds is 8. The van der Waals surface area contributed by atoms with Gasteiger partial charge in [-0.3, -0.25) is 4.39 Å². The molecule has 0 N–H and O–H groups in total. The molecule has 0 aromatic carbocycles. The summed E-state index contributed by atoms with van der Waals surface area (Å²) in [6.45, 7) is 8.06. The summed E-state index contributed by atoms with van der Waals surface area (Å²) in [5.41, 5.74) is 0.210. The van der Waals surface area contributed by atoms with Gasteiger partial charge < -0.3 is 0 Å². The number of alkyl halides is 1. The first kappa shape index (κ1) is 12.7. The van der Waals surface area contributed by atoms with Crippen molar-refractivity contribution in [3.8, 4) is 0 Å². The lowest BCUT2D eigenvalue weighted by Crippen LogP contribution is -2.16. The fourth-order valence-corrected chi connectivity index (χ4v) is 1.77. The molecule has 0 fully saturated rings. The predicted octanol–water partition coefficient (Wildman–Crippen LogP) is 4.51. The number of hydrogen-bond donors (Lipinski definition) is 0. The van der Waals surface area contributed by atoms with Crippen molar-refractivity contribution in [2.75, 3.05) is 6.67 Å². The van der Waals surface area contributed by atoms with Crippen LogP contribution < -0.4 is 0 Å². The Balaban J connectivity index is 4.04. The Kier molecular flexibility index (Phi) is 6.93. The molecule has 0 rings (SSSR count). The zero-order valence-corrected chi connectivity index (χ0v) is 9.11. The third kappa shape index (κ3) is 4.44. The van der Waals surface area contributed by atoms with Crippen LogP contribution >= 0.6 is 0 Å². The van der Waals surface area contributed by atoms with E-state index in [1.165, 1.54) is 19.3 Å². The standard InChI is InChI=1S/C12H23F/c1-4-7-9-12(5-2,6-3)10-8-11-13/h5H,2,4,6-11H2,1,3H3. The van der Waals surface area contributed by atoms with Crippen LogP contribution in [0.1, 0.15) is 52.4 Å². The zero-order chi connectivity index (χ0) is 10.2. The van der Waals surface area contributed by atoms with E-state index in [1.54, 1.807) is 0 Å². The van der Waals surface area contributed by atoms with Gasteiger partial charge in [0.1, 0.15) is 0 Å². The van der Waals surface area contributed by atoms with Gasteiger partial charge in [-0.15, -0.1) is 6.58 Å². The summed E-state index contributed by atoms with van der Waals surface area (Å²) >= 11 is 0. The highest BCUT2D eigenvalue weighted by Gasteiger charge is 2.22. The van der Waals surface area contributed by atoms with Crippen LogP contribution in [0, 0.1) is 5.41 Å². The molecule has 0 aliphatic carbocycles. The number of hydrogen-bond acceptors (Lipinski definition) is 0. The van der Waals surface area contributed by atoms with E-state index < -0.39 is 0 Å². The van der Waals surface area contributed by atoms with Gasteiger partial charge in [0.25, 0.3) is 0 Å². The highest BCUT2D eigenvalue weighted by molar-refractivity contribution is 4.93. The summed E-state index contributed by atoms with van der Waals surface area (Å²) in [7, 11) is 0. The molecule has 0 aromatic heterocycles. The van der Waals surface area contributed by atoms with Gasteiger partial charge >= 0.3 is 0 Å². The van der Waals surface area contributed by atoms with Gasteiger partial charge in [-0.1, -0.05) is 32.8 Å². The Morgan fingerprint density at radius 1 is 1.23 bits per heavy atom. The molecule has 0 aliphatic rings. The van der Waals surface area contributed by atoms with E-state index in [0.29, 0.717) is 6.42 Å². The smallest absolute Gasteiger partial charge is 0.0894 e. The van der Waals surface area contributed by atoms with E-state index in [-0.39, 0.29) is 12.1 Å². The van der Waals surface area contributed by atoms with E-state index in [2.05, 4.69) is 20.4 Å². The molecule has 0 aliphatic heterocycles. The molecule has 0 radical (unpaired) electrons. The van der Waals surface area contributed by atoms with Crippen LogP contribution in [0.5, 0.6) is 0 Å². The quantitative estimate of drug-likeness (QED) is 0.489. The molecule has 0 saturated heterocycles. The minimum atomic E-state index is -0.193. The Labute approximate surface area is 82.2 Å². The SMILES string of the molecule is C=CC(CC)(CCCC)CCCF. The van der Waals surface area contributed by atoms with Gasteiger partial charge in [-0.2, -0.15) is 0 Å². The minimum absolute atomic E-state index is 0.193. The van der Waals surface area contributed by atoms with Crippen molar-refractivity contribution in [3.05, 3.63) is 12.7 Å². The van der Waals surface area contributed by atoms with Crippen molar-refractivity contribution in [2.24, 2.45) is 5.41 Å². The summed E-state index contributed by atoms with van der Waals surface area (Å²) in [4.78, 5) is 0. The Bertz CT molecular complexity index is 121. The van der Waals surface area contributed by atoms with Crippen LogP contribution in [0.2, 0.25) is 0 Å². The molecule has 78 valence electrons. The molecule has 1 atom stereocenters. The summed E-state index contributed by atoms with van der Waals surface area (Å²) in [5.74, 6) is 0. The van der Waals surface area contributed by atoms with Crippen LogP contribution in [-0.2, 0) is 0 Å². The Morgan fingerprint density at radius 3 is 2.23 bits per heavy atom. The van der Waals surface area contributed by atoms with E-state index >= 15 is 0 Å². The van der Waals surface area contributed by atoms with Gasteiger partial charge in [0.2, 0.25) is 0 Å². The summed E-state index contributed by atoms with van der Waals surface area (Å²) < 4.78 is 12.1. The largest absolute Gasteiger partial charge is 0.251 e. The third-order valence-electron chi connectivity index (χ3n) is 2.97. The molecular weight excluding hydrogens is 163 g/mol. The fourth-order valence-electron chi connectivity index (χ4n) is 1.77. The molecule has 0 saturated carbocycles. The molecule has 0 heterocycles. The molecule has 1 heteroatoms. The second-order valence-corrected chi connectivity index (χ2v) is 3.82. The lowest BCUT2D eigenvalue weighted by Gasteiger charge is -2.29. The van der Waals surface area contributed by atoms with Crippen molar-refractivity contribution in [2.45, 2.75) is 52.4 Å². The van der Waals surface area contributed by atoms with Gasteiger partial charge in [0.15, 0.2) is 0 Å². The van der Waals surface area contributed by atoms with E-state index in [9.17, 15) is 4.39 Å². The molecule has 0 spiro atoms. The first-order valence-electron chi connectivity index (χ1n) is 5.44. The topological polar surface area (TPSA) is 0 Å². The fraction of sp³-hybridized carbons (Fsp3) is 0.833. The lowest BCUT2D eigenvalue weighted by molar-refractivity contribution is 0.278. The van der Waals surface area contributed by atoms with Gasteiger partial charge in [-0.25, -0.2) is 0 Å². The van der Waals surface area contributed by atoms with Gasteiger partial charge in [0, 0.05) is 0 Å². The average molecular weight is 186 g/mol. The monoisotopic (exact) mass is 186 g/mol. The zero-order valence-electron chi connectivity index (χ0n) is 9.11. The van der Waals surface area contributed by atoms with E-state index in [4.69, 9.17) is 0 Å². The van der Waals surface area contributed by atoms with E-state index in [1.807, 2.05) is 6.08 Å². The maximum absolute atomic E-state index is 12.1. The molecule has 0 amide bonds. The maximum Gasteiger partial charge on any atom is 0.0894 e. The van der Waals surface area contributed by atoms with Crippen molar-refractivity contribution in [1.29, 1.82) is 0 Å². The second kappa shape index (κ2) is 7.11. The molecule has 0 nitrogen and oxygen atoms in total. The first-order valence-corrected chi connectivity index (χ1v) is 5.44. The highest BCUT2D eigenvalue weighted by Crippen LogP contribution is 2.35. The van der Waals surface area contributed by atoms with Crippen molar-refractivity contribution >= 4 is 0 Å². The Morgan fingerprint density at radius 2 is 1.85 bits per heavy atom. The highest BCUT2D eigenvalue weighted by atomic mass is 19.1. The summed E-state index contributed by atoms with van der Waals surface area (Å²) in [5, 5.41) is 0. The molecule has 0 bridgehead atoms. The normalized spacial score (nSPS) is 15.3. The van der Waals surface area contributed by atoms with Crippen molar-refractivity contribution in [1.82, 2.24) is 0 Å². The minimum Gasteiger partial charge on any atom is -0.251 e. The first-order chi connectivity index (χ1) is 6.24. The van der Waals surface area contributed by atoms with Gasteiger partial charge in [-0.05, 0) is 31.1 Å². The maximum atomic E-state index is 12.1. The second-order valence-electron chi connectivity index (χ2n) is 3.82. The van der Waals surface area contributed by atoms with Crippen molar-refractivity contribution < 1.29 is 4.39 Å².